The fourth-order valence-electron chi connectivity index (χ4n) is 2.30. The van der Waals surface area contributed by atoms with Crippen molar-refractivity contribution in [1.29, 1.82) is 0 Å². The van der Waals surface area contributed by atoms with Crippen molar-refractivity contribution in [3.63, 3.8) is 0 Å². The lowest BCUT2D eigenvalue weighted by atomic mass is 10.2. The zero-order valence-electron chi connectivity index (χ0n) is 9.59. The molecule has 0 fully saturated rings. The van der Waals surface area contributed by atoms with E-state index in [4.69, 9.17) is 34.8 Å². The molecular weight excluding hydrogens is 291 g/mol. The number of hydrogen-bond acceptors (Lipinski definition) is 1. The van der Waals surface area contributed by atoms with Crippen LogP contribution < -0.4 is 0 Å². The van der Waals surface area contributed by atoms with Crippen LogP contribution in [0.2, 0.25) is 15.2 Å². The number of nitrogens with zero attached hydrogens (tertiary/aromatic N) is 2. The summed E-state index contributed by atoms with van der Waals surface area (Å²) in [5.41, 5.74) is 1.60. The minimum absolute atomic E-state index is 0.583. The normalized spacial score (nSPS) is 14.6. The van der Waals surface area contributed by atoms with Crippen LogP contribution in [0.1, 0.15) is 18.7 Å². The summed E-state index contributed by atoms with van der Waals surface area (Å²) in [6.07, 6.45) is 3.29. The van der Waals surface area contributed by atoms with Crippen molar-refractivity contribution in [1.82, 2.24) is 9.55 Å². The number of benzene rings is 1. The van der Waals surface area contributed by atoms with E-state index in [1.807, 2.05) is 6.07 Å². The number of aryl methyl sites for hydroxylation is 1. The Morgan fingerprint density at radius 1 is 1.11 bits per heavy atom. The van der Waals surface area contributed by atoms with Crippen LogP contribution >= 0.6 is 34.8 Å². The van der Waals surface area contributed by atoms with E-state index in [1.165, 1.54) is 6.42 Å². The van der Waals surface area contributed by atoms with Gasteiger partial charge in [0.1, 0.15) is 16.7 Å². The molecule has 1 aromatic carbocycles. The second-order valence-corrected chi connectivity index (χ2v) is 5.60. The lowest BCUT2D eigenvalue weighted by molar-refractivity contribution is 0.523. The van der Waals surface area contributed by atoms with Gasteiger partial charge < -0.3 is 4.57 Å². The topological polar surface area (TPSA) is 17.8 Å². The maximum absolute atomic E-state index is 6.40. The van der Waals surface area contributed by atoms with Crippen LogP contribution in [0.4, 0.5) is 0 Å². The number of halogens is 3. The summed E-state index contributed by atoms with van der Waals surface area (Å²) in [4.78, 5) is 4.61. The first kappa shape index (κ1) is 12.3. The summed E-state index contributed by atoms with van der Waals surface area (Å²) in [5, 5.41) is 1.87. The maximum atomic E-state index is 6.40. The first-order valence-electron chi connectivity index (χ1n) is 5.87. The Balaban J connectivity index is 2.14. The van der Waals surface area contributed by atoms with Crippen LogP contribution in [-0.4, -0.2) is 9.55 Å². The minimum atomic E-state index is 0.583. The van der Waals surface area contributed by atoms with E-state index in [9.17, 15) is 0 Å². The van der Waals surface area contributed by atoms with Crippen molar-refractivity contribution in [2.75, 3.05) is 0 Å². The highest BCUT2D eigenvalue weighted by Gasteiger charge is 2.20. The Bertz CT molecular complexity index is 605. The van der Waals surface area contributed by atoms with Gasteiger partial charge >= 0.3 is 0 Å². The van der Waals surface area contributed by atoms with Gasteiger partial charge in [-0.1, -0.05) is 34.8 Å². The summed E-state index contributed by atoms with van der Waals surface area (Å²) in [6.45, 7) is 0.937. The largest absolute Gasteiger partial charge is 0.319 e. The summed E-state index contributed by atoms with van der Waals surface area (Å²) >= 11 is 18.5. The molecule has 0 saturated carbocycles. The van der Waals surface area contributed by atoms with Crippen molar-refractivity contribution in [2.45, 2.75) is 25.8 Å². The third-order valence-electron chi connectivity index (χ3n) is 3.20. The molecule has 0 amide bonds. The molecule has 2 nitrogen and oxygen atoms in total. The van der Waals surface area contributed by atoms with Gasteiger partial charge in [-0.05, 0) is 31.0 Å². The Morgan fingerprint density at radius 2 is 1.94 bits per heavy atom. The molecule has 0 N–H and O–H groups in total. The van der Waals surface area contributed by atoms with Crippen molar-refractivity contribution >= 4 is 34.8 Å². The maximum Gasteiger partial charge on any atom is 0.136 e. The highest BCUT2D eigenvalue weighted by atomic mass is 35.5. The van der Waals surface area contributed by atoms with E-state index in [0.717, 1.165) is 36.5 Å². The Morgan fingerprint density at radius 3 is 2.67 bits per heavy atom. The molecule has 0 bridgehead atoms. The van der Waals surface area contributed by atoms with Crippen LogP contribution in [0.25, 0.3) is 11.3 Å². The quantitative estimate of drug-likeness (QED) is 0.736. The zero-order chi connectivity index (χ0) is 12.7. The predicted molar refractivity (Wildman–Crippen MR) is 75.6 cm³/mol. The number of hydrogen-bond donors (Lipinski definition) is 0. The second kappa shape index (κ2) is 4.76. The Hall–Kier alpha value is -0.700. The highest BCUT2D eigenvalue weighted by molar-refractivity contribution is 6.37. The Kier molecular flexibility index (Phi) is 3.27. The van der Waals surface area contributed by atoms with Crippen molar-refractivity contribution in [3.8, 4) is 11.3 Å². The fraction of sp³-hybridized carbons (Fsp3) is 0.308. The molecule has 0 radical (unpaired) electrons. The Labute approximate surface area is 120 Å². The van der Waals surface area contributed by atoms with E-state index in [2.05, 4.69) is 9.55 Å². The van der Waals surface area contributed by atoms with Crippen LogP contribution in [0.3, 0.4) is 0 Å². The van der Waals surface area contributed by atoms with Crippen LogP contribution in [0.15, 0.2) is 18.2 Å². The molecule has 1 aliphatic rings. The number of imidazole rings is 1. The average Bonchev–Trinajstić information content (AvgIpc) is 2.68. The third-order valence-corrected chi connectivity index (χ3v) is 4.13. The molecule has 5 heteroatoms. The van der Waals surface area contributed by atoms with Crippen LogP contribution in [-0.2, 0) is 13.0 Å². The van der Waals surface area contributed by atoms with Gasteiger partial charge in [0.25, 0.3) is 0 Å². The van der Waals surface area contributed by atoms with E-state index >= 15 is 0 Å². The second-order valence-electron chi connectivity index (χ2n) is 4.40. The van der Waals surface area contributed by atoms with Gasteiger partial charge in [0, 0.05) is 23.6 Å². The standard InChI is InChI=1S/C13H11Cl3N2/c14-8-4-5-9(10(15)7-8)12-13(16)18-6-2-1-3-11(18)17-12/h4-5,7H,1-3,6H2. The van der Waals surface area contributed by atoms with Gasteiger partial charge in [-0.3, -0.25) is 0 Å². The van der Waals surface area contributed by atoms with Crippen molar-refractivity contribution in [3.05, 3.63) is 39.2 Å². The molecule has 0 atom stereocenters. The molecule has 0 aliphatic carbocycles. The molecule has 1 aromatic heterocycles. The van der Waals surface area contributed by atoms with E-state index in [-0.39, 0.29) is 0 Å². The molecule has 0 spiro atoms. The molecule has 2 heterocycles. The monoisotopic (exact) mass is 300 g/mol. The number of aromatic nitrogens is 2. The minimum Gasteiger partial charge on any atom is -0.319 e. The van der Waals surface area contributed by atoms with Gasteiger partial charge in [0.2, 0.25) is 0 Å². The molecule has 18 heavy (non-hydrogen) atoms. The van der Waals surface area contributed by atoms with Gasteiger partial charge in [0.05, 0.1) is 5.02 Å². The molecule has 0 unspecified atom stereocenters. The molecule has 1 aliphatic heterocycles. The number of fused-ring (bicyclic) bond motifs is 1. The molecule has 3 rings (SSSR count). The van der Waals surface area contributed by atoms with Gasteiger partial charge in [-0.25, -0.2) is 4.98 Å². The van der Waals surface area contributed by atoms with Crippen LogP contribution in [0, 0.1) is 0 Å². The average molecular weight is 302 g/mol. The molecule has 2 aromatic rings. The summed E-state index contributed by atoms with van der Waals surface area (Å²) in [5.74, 6) is 1.05. The summed E-state index contributed by atoms with van der Waals surface area (Å²) in [7, 11) is 0. The van der Waals surface area contributed by atoms with Crippen molar-refractivity contribution in [2.24, 2.45) is 0 Å². The molecule has 0 saturated heterocycles. The van der Waals surface area contributed by atoms with E-state index in [1.54, 1.807) is 12.1 Å². The lowest BCUT2D eigenvalue weighted by Gasteiger charge is -2.13. The smallest absolute Gasteiger partial charge is 0.136 e. The first-order chi connectivity index (χ1) is 8.66. The van der Waals surface area contributed by atoms with Gasteiger partial charge in [-0.2, -0.15) is 0 Å². The SMILES string of the molecule is Clc1ccc(-c2nc3n(c2Cl)CCCC3)c(Cl)c1. The highest BCUT2D eigenvalue weighted by Crippen LogP contribution is 2.36. The summed E-state index contributed by atoms with van der Waals surface area (Å²) < 4.78 is 2.07. The van der Waals surface area contributed by atoms with Crippen LogP contribution in [0.5, 0.6) is 0 Å². The molecule has 94 valence electrons. The zero-order valence-corrected chi connectivity index (χ0v) is 11.9. The predicted octanol–water partition coefficient (Wildman–Crippen LogP) is 4.85. The van der Waals surface area contributed by atoms with Gasteiger partial charge in [0.15, 0.2) is 0 Å². The molecular formula is C13H11Cl3N2. The first-order valence-corrected chi connectivity index (χ1v) is 7.00. The van der Waals surface area contributed by atoms with E-state index in [0.29, 0.717) is 15.2 Å². The lowest BCUT2D eigenvalue weighted by Crippen LogP contribution is -2.10. The fourth-order valence-corrected chi connectivity index (χ4v) is 3.12. The van der Waals surface area contributed by atoms with E-state index < -0.39 is 0 Å². The summed E-state index contributed by atoms with van der Waals surface area (Å²) in [6, 6.07) is 5.38. The van der Waals surface area contributed by atoms with Crippen molar-refractivity contribution < 1.29 is 0 Å². The van der Waals surface area contributed by atoms with Gasteiger partial charge in [-0.15, -0.1) is 0 Å². The third kappa shape index (κ3) is 2.03. The number of rotatable bonds is 1.